The molecule has 36 heavy (non-hydrogen) atoms. The lowest BCUT2D eigenvalue weighted by Crippen LogP contribution is -2.23. The second-order valence-electron chi connectivity index (χ2n) is 7.96. The summed E-state index contributed by atoms with van der Waals surface area (Å²) in [5, 5.41) is 9.26. The zero-order valence-corrected chi connectivity index (χ0v) is 20.1. The van der Waals surface area contributed by atoms with Crippen LogP contribution in [-0.2, 0) is 0 Å². The Kier molecular flexibility index (Phi) is 5.59. The van der Waals surface area contributed by atoms with Gasteiger partial charge in [0.1, 0.15) is 11.4 Å². The number of para-hydroxylation sites is 1. The van der Waals surface area contributed by atoms with E-state index in [1.54, 1.807) is 12.4 Å². The second-order valence-corrected chi connectivity index (χ2v) is 8.97. The van der Waals surface area contributed by atoms with E-state index < -0.39 is 0 Å². The van der Waals surface area contributed by atoms with Gasteiger partial charge in [-0.05, 0) is 61.5 Å². The monoisotopic (exact) mass is 492 g/mol. The van der Waals surface area contributed by atoms with Crippen molar-refractivity contribution >= 4 is 22.4 Å². The number of hydrogen-bond donors (Lipinski definition) is 0. The van der Waals surface area contributed by atoms with Crippen LogP contribution in [0.2, 0.25) is 0 Å². The number of ether oxygens (including phenoxy) is 1. The Morgan fingerprint density at radius 3 is 2.53 bits per heavy atom. The number of thiazole rings is 1. The smallest absolute Gasteiger partial charge is 0.291 e. The SMILES string of the molecule is CCOc1ccc(-c2nn(-c3ccccc3)cc2/C=c2\sc3nc(-c4cccnc4)nn3c2=O)cc1. The van der Waals surface area contributed by atoms with E-state index in [2.05, 4.69) is 15.1 Å². The summed E-state index contributed by atoms with van der Waals surface area (Å²) in [5.74, 6) is 1.27. The summed E-state index contributed by atoms with van der Waals surface area (Å²) >= 11 is 1.30. The maximum absolute atomic E-state index is 13.2. The number of fused-ring (bicyclic) bond motifs is 1. The maximum Gasteiger partial charge on any atom is 0.291 e. The Bertz CT molecular complexity index is 1760. The summed E-state index contributed by atoms with van der Waals surface area (Å²) < 4.78 is 9.28. The fraction of sp³-hybridized carbons (Fsp3) is 0.0741. The van der Waals surface area contributed by atoms with E-state index in [1.165, 1.54) is 15.9 Å². The molecule has 0 fully saturated rings. The van der Waals surface area contributed by atoms with E-state index in [-0.39, 0.29) is 5.56 Å². The Morgan fingerprint density at radius 2 is 1.81 bits per heavy atom. The lowest BCUT2D eigenvalue weighted by molar-refractivity contribution is 0.340. The third-order valence-electron chi connectivity index (χ3n) is 5.59. The van der Waals surface area contributed by atoms with E-state index in [4.69, 9.17) is 9.84 Å². The number of nitrogens with zero attached hydrogens (tertiary/aromatic N) is 6. The van der Waals surface area contributed by atoms with Crippen molar-refractivity contribution in [2.45, 2.75) is 6.92 Å². The first kappa shape index (κ1) is 21.9. The topological polar surface area (TPSA) is 87.2 Å². The molecule has 2 aromatic carbocycles. The normalized spacial score (nSPS) is 11.9. The molecule has 0 unspecified atom stereocenters. The summed E-state index contributed by atoms with van der Waals surface area (Å²) in [6, 6.07) is 21.3. The fourth-order valence-electron chi connectivity index (χ4n) is 3.90. The van der Waals surface area contributed by atoms with Gasteiger partial charge in [0.25, 0.3) is 5.56 Å². The molecule has 0 amide bonds. The molecule has 0 aliphatic rings. The summed E-state index contributed by atoms with van der Waals surface area (Å²) in [6.07, 6.45) is 7.15. The highest BCUT2D eigenvalue weighted by atomic mass is 32.1. The molecule has 0 aliphatic carbocycles. The van der Waals surface area contributed by atoms with Crippen molar-refractivity contribution < 1.29 is 4.74 Å². The largest absolute Gasteiger partial charge is 0.494 e. The van der Waals surface area contributed by atoms with Crippen molar-refractivity contribution in [1.29, 1.82) is 0 Å². The lowest BCUT2D eigenvalue weighted by atomic mass is 10.1. The summed E-state index contributed by atoms with van der Waals surface area (Å²) in [5.41, 5.74) is 3.97. The lowest BCUT2D eigenvalue weighted by Gasteiger charge is -2.04. The Morgan fingerprint density at radius 1 is 0.972 bits per heavy atom. The molecule has 8 nitrogen and oxygen atoms in total. The molecule has 6 rings (SSSR count). The molecule has 0 saturated carbocycles. The number of hydrogen-bond acceptors (Lipinski definition) is 7. The van der Waals surface area contributed by atoms with Gasteiger partial charge < -0.3 is 4.74 Å². The van der Waals surface area contributed by atoms with Gasteiger partial charge in [-0.25, -0.2) is 4.68 Å². The zero-order chi connectivity index (χ0) is 24.5. The molecular formula is C27H20N6O2S. The Hall–Kier alpha value is -4.63. The Balaban J connectivity index is 1.47. The molecular weight excluding hydrogens is 472 g/mol. The average Bonchev–Trinajstić information content (AvgIpc) is 3.61. The van der Waals surface area contributed by atoms with E-state index in [0.717, 1.165) is 33.8 Å². The van der Waals surface area contributed by atoms with Crippen LogP contribution in [0.1, 0.15) is 12.5 Å². The summed E-state index contributed by atoms with van der Waals surface area (Å²) in [7, 11) is 0. The van der Waals surface area contributed by atoms with Crippen LogP contribution in [0.5, 0.6) is 5.75 Å². The van der Waals surface area contributed by atoms with Crippen LogP contribution in [0.25, 0.3) is 39.4 Å². The highest BCUT2D eigenvalue weighted by Gasteiger charge is 2.15. The first-order valence-corrected chi connectivity index (χ1v) is 12.2. The fourth-order valence-corrected chi connectivity index (χ4v) is 4.80. The van der Waals surface area contributed by atoms with Crippen molar-refractivity contribution in [3.8, 4) is 34.1 Å². The van der Waals surface area contributed by atoms with Crippen LogP contribution in [0, 0.1) is 0 Å². The van der Waals surface area contributed by atoms with Crippen molar-refractivity contribution in [3.05, 3.63) is 106 Å². The minimum atomic E-state index is -0.220. The first-order valence-electron chi connectivity index (χ1n) is 11.4. The van der Waals surface area contributed by atoms with Crippen molar-refractivity contribution in [3.63, 3.8) is 0 Å². The predicted octanol–water partition coefficient (Wildman–Crippen LogP) is 4.01. The molecule has 176 valence electrons. The van der Waals surface area contributed by atoms with Crippen LogP contribution >= 0.6 is 11.3 Å². The van der Waals surface area contributed by atoms with Gasteiger partial charge >= 0.3 is 0 Å². The van der Waals surface area contributed by atoms with Crippen LogP contribution in [-0.4, -0.2) is 36.0 Å². The highest BCUT2D eigenvalue weighted by Crippen LogP contribution is 2.26. The van der Waals surface area contributed by atoms with Crippen molar-refractivity contribution in [2.75, 3.05) is 6.61 Å². The molecule has 6 aromatic rings. The van der Waals surface area contributed by atoms with E-state index >= 15 is 0 Å². The minimum Gasteiger partial charge on any atom is -0.494 e. The minimum absolute atomic E-state index is 0.220. The molecule has 0 N–H and O–H groups in total. The van der Waals surface area contributed by atoms with Gasteiger partial charge in [-0.15, -0.1) is 5.10 Å². The van der Waals surface area contributed by atoms with Gasteiger partial charge in [-0.2, -0.15) is 14.6 Å². The van der Waals surface area contributed by atoms with E-state index in [1.807, 2.05) is 90.6 Å². The molecule has 4 aromatic heterocycles. The van der Waals surface area contributed by atoms with Gasteiger partial charge in [0.05, 0.1) is 16.8 Å². The molecule has 4 heterocycles. The van der Waals surface area contributed by atoms with Crippen LogP contribution in [0.3, 0.4) is 0 Å². The molecule has 0 radical (unpaired) electrons. The maximum atomic E-state index is 13.2. The van der Waals surface area contributed by atoms with Crippen molar-refractivity contribution in [1.82, 2.24) is 29.4 Å². The third-order valence-corrected chi connectivity index (χ3v) is 6.55. The van der Waals surface area contributed by atoms with E-state index in [0.29, 0.717) is 21.9 Å². The molecule has 0 atom stereocenters. The average molecular weight is 493 g/mol. The number of benzene rings is 2. The van der Waals surface area contributed by atoms with E-state index in [9.17, 15) is 4.79 Å². The standard InChI is InChI=1S/C27H20N6O2S/c1-2-35-22-12-10-18(11-13-22)24-20(17-32(30-24)21-8-4-3-5-9-21)15-23-26(34)33-27(36-23)29-25(31-33)19-7-6-14-28-16-19/h3-17H,2H2,1H3/b23-15-. The third kappa shape index (κ3) is 4.05. The summed E-state index contributed by atoms with van der Waals surface area (Å²) in [4.78, 5) is 22.4. The van der Waals surface area contributed by atoms with Gasteiger partial charge in [0.15, 0.2) is 5.82 Å². The van der Waals surface area contributed by atoms with Gasteiger partial charge in [0, 0.05) is 35.3 Å². The second kappa shape index (κ2) is 9.20. The molecule has 0 aliphatic heterocycles. The zero-order valence-electron chi connectivity index (χ0n) is 19.3. The van der Waals surface area contributed by atoms with Crippen LogP contribution in [0.15, 0.2) is 90.1 Å². The summed E-state index contributed by atoms with van der Waals surface area (Å²) in [6.45, 7) is 2.56. The van der Waals surface area contributed by atoms with Gasteiger partial charge in [-0.3, -0.25) is 9.78 Å². The molecule has 9 heteroatoms. The van der Waals surface area contributed by atoms with Gasteiger partial charge in [-0.1, -0.05) is 29.5 Å². The number of rotatable bonds is 6. The number of pyridine rings is 1. The quantitative estimate of drug-likeness (QED) is 0.349. The predicted molar refractivity (Wildman–Crippen MR) is 139 cm³/mol. The molecule has 0 spiro atoms. The Labute approximate surface area is 209 Å². The molecule has 0 saturated heterocycles. The molecule has 0 bridgehead atoms. The first-order chi connectivity index (χ1) is 17.7. The van der Waals surface area contributed by atoms with Gasteiger partial charge in [0.2, 0.25) is 4.96 Å². The highest BCUT2D eigenvalue weighted by molar-refractivity contribution is 7.15. The van der Waals surface area contributed by atoms with Crippen LogP contribution in [0.4, 0.5) is 0 Å². The van der Waals surface area contributed by atoms with Crippen molar-refractivity contribution in [2.24, 2.45) is 0 Å². The number of aromatic nitrogens is 6. The van der Waals surface area contributed by atoms with Crippen LogP contribution < -0.4 is 14.8 Å².